The lowest BCUT2D eigenvalue weighted by Gasteiger charge is -2.10. The Labute approximate surface area is 186 Å². The van der Waals surface area contributed by atoms with Crippen molar-refractivity contribution in [2.45, 2.75) is 13.8 Å². The fourth-order valence-corrected chi connectivity index (χ4v) is 3.90. The van der Waals surface area contributed by atoms with Crippen molar-refractivity contribution in [3.05, 3.63) is 101 Å². The van der Waals surface area contributed by atoms with Crippen molar-refractivity contribution in [1.82, 2.24) is 14.5 Å². The van der Waals surface area contributed by atoms with Crippen LogP contribution >= 0.6 is 11.6 Å². The molecule has 5 aromatic rings. The minimum Gasteiger partial charge on any atom is -0.310 e. The van der Waals surface area contributed by atoms with Crippen LogP contribution in [0.5, 0.6) is 0 Å². The number of halogens is 1. The van der Waals surface area contributed by atoms with Crippen LogP contribution in [-0.4, -0.2) is 14.5 Å². The Kier molecular flexibility index (Phi) is 4.92. The van der Waals surface area contributed by atoms with E-state index in [-0.39, 0.29) is 0 Å². The number of imidazole rings is 1. The molecule has 0 fully saturated rings. The molecular weight excluding hydrogens is 404 g/mol. The quantitative estimate of drug-likeness (QED) is 0.334. The standard InChI is InChI=1S/C26H21ClN4/c1-17-13-18(2)28-25(14-17)30-26-29-24(16-31(26)23-11-9-22(27)10-12-23)21-8-7-19-5-3-4-6-20(19)15-21/h3-16H,1-2H3,(H,28,29,30). The SMILES string of the molecule is Cc1cc(C)nc(Nc2nc(-c3ccc4ccccc4c3)cn2-c2ccc(Cl)cc2)c1. The summed E-state index contributed by atoms with van der Waals surface area (Å²) in [6, 6.07) is 26.5. The van der Waals surface area contributed by atoms with E-state index in [1.165, 1.54) is 10.8 Å². The number of pyridine rings is 1. The number of benzene rings is 3. The summed E-state index contributed by atoms with van der Waals surface area (Å²) in [5.74, 6) is 1.46. The Balaban J connectivity index is 1.62. The summed E-state index contributed by atoms with van der Waals surface area (Å²) in [5, 5.41) is 6.50. The highest BCUT2D eigenvalue weighted by Gasteiger charge is 2.13. The van der Waals surface area contributed by atoms with E-state index >= 15 is 0 Å². The topological polar surface area (TPSA) is 42.7 Å². The largest absolute Gasteiger partial charge is 0.310 e. The lowest BCUT2D eigenvalue weighted by atomic mass is 10.1. The minimum atomic E-state index is 0.697. The predicted molar refractivity (Wildman–Crippen MR) is 129 cm³/mol. The maximum Gasteiger partial charge on any atom is 0.213 e. The second-order valence-electron chi connectivity index (χ2n) is 7.65. The molecule has 0 aliphatic heterocycles. The molecule has 5 heteroatoms. The van der Waals surface area contributed by atoms with Crippen molar-refractivity contribution in [3.63, 3.8) is 0 Å². The molecule has 0 amide bonds. The average Bonchev–Trinajstić information content (AvgIpc) is 3.17. The van der Waals surface area contributed by atoms with Gasteiger partial charge in [-0.15, -0.1) is 0 Å². The lowest BCUT2D eigenvalue weighted by Crippen LogP contribution is -2.03. The summed E-state index contributed by atoms with van der Waals surface area (Å²) in [4.78, 5) is 9.54. The van der Waals surface area contributed by atoms with Crippen molar-refractivity contribution in [2.75, 3.05) is 5.32 Å². The molecule has 3 aromatic carbocycles. The Hall–Kier alpha value is -3.63. The van der Waals surface area contributed by atoms with Gasteiger partial charge in [0.2, 0.25) is 5.95 Å². The van der Waals surface area contributed by atoms with Crippen LogP contribution in [0.3, 0.4) is 0 Å². The van der Waals surface area contributed by atoms with Gasteiger partial charge in [0.25, 0.3) is 0 Å². The van der Waals surface area contributed by atoms with Crippen molar-refractivity contribution < 1.29 is 0 Å². The second-order valence-corrected chi connectivity index (χ2v) is 8.09. The van der Waals surface area contributed by atoms with Crippen molar-refractivity contribution in [2.24, 2.45) is 0 Å². The minimum absolute atomic E-state index is 0.697. The second kappa shape index (κ2) is 7.89. The first-order valence-electron chi connectivity index (χ1n) is 10.1. The molecule has 0 spiro atoms. The van der Waals surface area contributed by atoms with Crippen LogP contribution in [0.2, 0.25) is 5.02 Å². The predicted octanol–water partition coefficient (Wildman–Crippen LogP) is 7.10. The molecule has 2 heterocycles. The van der Waals surface area contributed by atoms with Crippen LogP contribution in [-0.2, 0) is 0 Å². The van der Waals surface area contributed by atoms with Gasteiger partial charge in [-0.25, -0.2) is 9.97 Å². The van der Waals surface area contributed by atoms with Crippen molar-refractivity contribution in [3.8, 4) is 16.9 Å². The van der Waals surface area contributed by atoms with Gasteiger partial charge in [0, 0.05) is 28.2 Å². The number of aromatic nitrogens is 3. The molecule has 4 nitrogen and oxygen atoms in total. The van der Waals surface area contributed by atoms with Crippen LogP contribution in [0.25, 0.3) is 27.7 Å². The fourth-order valence-electron chi connectivity index (χ4n) is 3.77. The number of nitrogens with one attached hydrogen (secondary N) is 1. The first-order valence-corrected chi connectivity index (χ1v) is 10.5. The highest BCUT2D eigenvalue weighted by molar-refractivity contribution is 6.30. The number of fused-ring (bicyclic) bond motifs is 1. The Bertz CT molecular complexity index is 1370. The zero-order chi connectivity index (χ0) is 21.4. The number of nitrogens with zero attached hydrogens (tertiary/aromatic N) is 3. The van der Waals surface area contributed by atoms with Crippen LogP contribution < -0.4 is 5.32 Å². The maximum absolute atomic E-state index is 6.11. The van der Waals surface area contributed by atoms with Gasteiger partial charge in [0.05, 0.1) is 5.69 Å². The molecule has 2 aromatic heterocycles. The maximum atomic E-state index is 6.11. The van der Waals surface area contributed by atoms with Gasteiger partial charge in [-0.1, -0.05) is 48.0 Å². The zero-order valence-electron chi connectivity index (χ0n) is 17.3. The van der Waals surface area contributed by atoms with Gasteiger partial charge >= 0.3 is 0 Å². The first kappa shape index (κ1) is 19.3. The summed E-state index contributed by atoms with van der Waals surface area (Å²) in [6.07, 6.45) is 2.04. The summed E-state index contributed by atoms with van der Waals surface area (Å²) in [5.41, 5.74) is 5.02. The third-order valence-electron chi connectivity index (χ3n) is 5.19. The number of aryl methyl sites for hydroxylation is 2. The molecule has 0 saturated carbocycles. The molecule has 0 aliphatic carbocycles. The molecule has 0 unspecified atom stereocenters. The smallest absolute Gasteiger partial charge is 0.213 e. The van der Waals surface area contributed by atoms with E-state index < -0.39 is 0 Å². The molecule has 152 valence electrons. The highest BCUT2D eigenvalue weighted by atomic mass is 35.5. The molecule has 0 aliphatic rings. The Morgan fingerprint density at radius 2 is 1.58 bits per heavy atom. The van der Waals surface area contributed by atoms with Gasteiger partial charge in [-0.2, -0.15) is 0 Å². The van der Waals surface area contributed by atoms with Crippen LogP contribution in [0.1, 0.15) is 11.3 Å². The number of anilines is 2. The number of hydrogen-bond acceptors (Lipinski definition) is 3. The zero-order valence-corrected chi connectivity index (χ0v) is 18.1. The first-order chi connectivity index (χ1) is 15.0. The molecule has 31 heavy (non-hydrogen) atoms. The molecule has 0 radical (unpaired) electrons. The molecule has 1 N–H and O–H groups in total. The third-order valence-corrected chi connectivity index (χ3v) is 5.45. The van der Waals surface area contributed by atoms with Crippen LogP contribution in [0.4, 0.5) is 11.8 Å². The third kappa shape index (κ3) is 4.03. The Morgan fingerprint density at radius 3 is 2.35 bits per heavy atom. The molecule has 0 bridgehead atoms. The van der Waals surface area contributed by atoms with E-state index in [4.69, 9.17) is 16.6 Å². The highest BCUT2D eigenvalue weighted by Crippen LogP contribution is 2.29. The number of hydrogen-bond donors (Lipinski definition) is 1. The van der Waals surface area contributed by atoms with Crippen LogP contribution in [0.15, 0.2) is 85.1 Å². The van der Waals surface area contributed by atoms with Crippen molar-refractivity contribution in [1.29, 1.82) is 0 Å². The van der Waals surface area contributed by atoms with E-state index in [1.54, 1.807) is 0 Å². The molecule has 0 atom stereocenters. The number of rotatable bonds is 4. The average molecular weight is 425 g/mol. The van der Waals surface area contributed by atoms with E-state index in [1.807, 2.05) is 48.0 Å². The van der Waals surface area contributed by atoms with E-state index in [0.717, 1.165) is 34.0 Å². The summed E-state index contributed by atoms with van der Waals surface area (Å²) < 4.78 is 2.03. The summed E-state index contributed by atoms with van der Waals surface area (Å²) in [6.45, 7) is 4.05. The van der Waals surface area contributed by atoms with Gasteiger partial charge in [-0.05, 0) is 72.6 Å². The van der Waals surface area contributed by atoms with E-state index in [2.05, 4.69) is 65.8 Å². The molecule has 5 rings (SSSR count). The monoisotopic (exact) mass is 424 g/mol. The van der Waals surface area contributed by atoms with Gasteiger partial charge in [0.1, 0.15) is 5.82 Å². The van der Waals surface area contributed by atoms with Crippen molar-refractivity contribution >= 4 is 34.1 Å². The van der Waals surface area contributed by atoms with Gasteiger partial charge in [-0.3, -0.25) is 4.57 Å². The van der Waals surface area contributed by atoms with Gasteiger partial charge < -0.3 is 5.32 Å². The summed E-state index contributed by atoms with van der Waals surface area (Å²) in [7, 11) is 0. The molecule has 0 saturated heterocycles. The molecular formula is C26H21ClN4. The lowest BCUT2D eigenvalue weighted by molar-refractivity contribution is 1.05. The Morgan fingerprint density at radius 1 is 0.806 bits per heavy atom. The van der Waals surface area contributed by atoms with Gasteiger partial charge in [0.15, 0.2) is 0 Å². The fraction of sp³-hybridized carbons (Fsp3) is 0.0769. The van der Waals surface area contributed by atoms with Crippen LogP contribution in [0, 0.1) is 13.8 Å². The van der Waals surface area contributed by atoms with E-state index in [0.29, 0.717) is 11.0 Å². The van der Waals surface area contributed by atoms with E-state index in [9.17, 15) is 0 Å². The normalized spacial score (nSPS) is 11.1. The summed E-state index contributed by atoms with van der Waals surface area (Å²) >= 11 is 6.11.